The Morgan fingerprint density at radius 2 is 1.84 bits per heavy atom. The summed E-state index contributed by atoms with van der Waals surface area (Å²) in [5.41, 5.74) is 1.58. The van der Waals surface area contributed by atoms with E-state index in [4.69, 9.17) is 4.74 Å². The largest absolute Gasteiger partial charge is 0.439 e. The normalized spacial score (nSPS) is 14.9. The maximum atomic E-state index is 13.0. The number of anilines is 1. The molecule has 1 fully saturated rings. The van der Waals surface area contributed by atoms with Crippen LogP contribution in [-0.4, -0.2) is 48.2 Å². The van der Waals surface area contributed by atoms with Crippen LogP contribution >= 0.6 is 23.1 Å². The van der Waals surface area contributed by atoms with E-state index in [1.54, 1.807) is 29.3 Å². The van der Waals surface area contributed by atoms with E-state index in [2.05, 4.69) is 10.3 Å². The number of aryl methyl sites for hydroxylation is 1. The lowest BCUT2D eigenvalue weighted by molar-refractivity contribution is 0.102. The van der Waals surface area contributed by atoms with E-state index < -0.39 is 15.9 Å². The maximum Gasteiger partial charge on any atom is 0.267 e. The van der Waals surface area contributed by atoms with Gasteiger partial charge in [0.2, 0.25) is 15.9 Å². The van der Waals surface area contributed by atoms with E-state index in [9.17, 15) is 13.2 Å². The summed E-state index contributed by atoms with van der Waals surface area (Å²) >= 11 is 2.83. The fourth-order valence-corrected chi connectivity index (χ4v) is 6.89. The SMILES string of the molecule is Cc1ccc(Oc2ccc(NC(=O)c3sccc3S(=O)(=O)N3CCSCC3)cn2)cc1. The summed E-state index contributed by atoms with van der Waals surface area (Å²) in [6.07, 6.45) is 1.48. The molecule has 2 aromatic heterocycles. The van der Waals surface area contributed by atoms with Crippen molar-refractivity contribution in [3.63, 3.8) is 0 Å². The van der Waals surface area contributed by atoms with Gasteiger partial charge in [0.25, 0.3) is 5.91 Å². The quantitative estimate of drug-likeness (QED) is 0.574. The van der Waals surface area contributed by atoms with E-state index >= 15 is 0 Å². The number of carbonyl (C=O) groups excluding carboxylic acids is 1. The molecule has 0 saturated carbocycles. The number of thiophene rings is 1. The third-order valence-electron chi connectivity index (χ3n) is 4.66. The molecule has 0 unspecified atom stereocenters. The van der Waals surface area contributed by atoms with Crippen LogP contribution in [0, 0.1) is 6.92 Å². The highest BCUT2D eigenvalue weighted by molar-refractivity contribution is 7.99. The fourth-order valence-electron chi connectivity index (χ4n) is 3.02. The summed E-state index contributed by atoms with van der Waals surface area (Å²) in [4.78, 5) is 17.2. The van der Waals surface area contributed by atoms with Crippen LogP contribution in [0.25, 0.3) is 0 Å². The van der Waals surface area contributed by atoms with E-state index in [-0.39, 0.29) is 9.77 Å². The van der Waals surface area contributed by atoms with Gasteiger partial charge in [-0.15, -0.1) is 11.3 Å². The lowest BCUT2D eigenvalue weighted by Gasteiger charge is -2.25. The van der Waals surface area contributed by atoms with Crippen LogP contribution in [0.15, 0.2) is 58.9 Å². The minimum atomic E-state index is -3.70. The van der Waals surface area contributed by atoms with Gasteiger partial charge in [-0.1, -0.05) is 17.7 Å². The summed E-state index contributed by atoms with van der Waals surface area (Å²) in [5, 5.41) is 4.35. The van der Waals surface area contributed by atoms with E-state index in [1.807, 2.05) is 31.2 Å². The van der Waals surface area contributed by atoms with Crippen molar-refractivity contribution in [3.8, 4) is 11.6 Å². The van der Waals surface area contributed by atoms with Gasteiger partial charge in [0.05, 0.1) is 11.9 Å². The standard InChI is InChI=1S/C21H21N3O4S3/c1-15-2-5-17(6-3-15)28-19-7-4-16(14-22-19)23-21(25)20-18(8-11-30-20)31(26,27)24-9-12-29-13-10-24/h2-8,11,14H,9-10,12-13H2,1H3,(H,23,25). The zero-order valence-corrected chi connectivity index (χ0v) is 19.2. The van der Waals surface area contributed by atoms with Crippen LogP contribution in [0.1, 0.15) is 15.2 Å². The minimum absolute atomic E-state index is 0.0502. The Kier molecular flexibility index (Phi) is 6.61. The molecule has 0 atom stereocenters. The molecule has 0 spiro atoms. The number of amides is 1. The summed E-state index contributed by atoms with van der Waals surface area (Å²) in [7, 11) is -3.70. The molecule has 1 N–H and O–H groups in total. The number of nitrogens with one attached hydrogen (secondary N) is 1. The summed E-state index contributed by atoms with van der Waals surface area (Å²) < 4.78 is 33.1. The Labute approximate surface area is 189 Å². The number of nitrogens with zero attached hydrogens (tertiary/aromatic N) is 2. The van der Waals surface area contributed by atoms with Crippen molar-refractivity contribution in [2.75, 3.05) is 29.9 Å². The molecule has 3 aromatic rings. The zero-order valence-electron chi connectivity index (χ0n) is 16.8. The van der Waals surface area contributed by atoms with E-state index in [1.165, 1.54) is 16.6 Å². The third kappa shape index (κ3) is 5.09. The van der Waals surface area contributed by atoms with Crippen LogP contribution in [0.5, 0.6) is 11.6 Å². The molecule has 10 heteroatoms. The van der Waals surface area contributed by atoms with E-state index in [0.29, 0.717) is 30.4 Å². The first-order valence-electron chi connectivity index (χ1n) is 9.61. The van der Waals surface area contributed by atoms with Gasteiger partial charge in [0, 0.05) is 30.7 Å². The Morgan fingerprint density at radius 1 is 1.10 bits per heavy atom. The van der Waals surface area contributed by atoms with Gasteiger partial charge in [-0.2, -0.15) is 16.1 Å². The number of carbonyl (C=O) groups is 1. The van der Waals surface area contributed by atoms with Crippen molar-refractivity contribution >= 4 is 44.7 Å². The summed E-state index contributed by atoms with van der Waals surface area (Å²) in [6.45, 7) is 2.90. The molecule has 1 aliphatic rings. The molecule has 0 radical (unpaired) electrons. The number of benzene rings is 1. The van der Waals surface area contributed by atoms with Crippen molar-refractivity contribution in [2.24, 2.45) is 0 Å². The first kappa shape index (κ1) is 21.8. The molecule has 31 heavy (non-hydrogen) atoms. The second-order valence-corrected chi connectivity index (χ2v) is 10.9. The second kappa shape index (κ2) is 9.39. The van der Waals surface area contributed by atoms with Gasteiger partial charge < -0.3 is 10.1 Å². The third-order valence-corrected chi connectivity index (χ3v) is 8.59. The van der Waals surface area contributed by atoms with Crippen molar-refractivity contribution < 1.29 is 17.9 Å². The minimum Gasteiger partial charge on any atom is -0.439 e. The lowest BCUT2D eigenvalue weighted by Crippen LogP contribution is -2.38. The molecule has 3 heterocycles. The second-order valence-electron chi connectivity index (χ2n) is 6.88. The predicted octanol–water partition coefficient (Wildman–Crippen LogP) is 4.23. The van der Waals surface area contributed by atoms with Crippen LogP contribution in [0.3, 0.4) is 0 Å². The number of rotatable bonds is 6. The van der Waals surface area contributed by atoms with Gasteiger partial charge in [0.1, 0.15) is 15.5 Å². The Balaban J connectivity index is 1.45. The topological polar surface area (TPSA) is 88.6 Å². The molecule has 1 aromatic carbocycles. The number of hydrogen-bond donors (Lipinski definition) is 1. The Morgan fingerprint density at radius 3 is 2.52 bits per heavy atom. The number of ether oxygens (including phenoxy) is 1. The van der Waals surface area contributed by atoms with Crippen molar-refractivity contribution in [1.29, 1.82) is 0 Å². The molecular weight excluding hydrogens is 454 g/mol. The first-order valence-corrected chi connectivity index (χ1v) is 13.1. The first-order chi connectivity index (χ1) is 14.9. The van der Waals surface area contributed by atoms with Gasteiger partial charge in [0.15, 0.2) is 0 Å². The lowest BCUT2D eigenvalue weighted by atomic mass is 10.2. The predicted molar refractivity (Wildman–Crippen MR) is 124 cm³/mol. The van der Waals surface area contributed by atoms with Gasteiger partial charge in [-0.05, 0) is 36.6 Å². The highest BCUT2D eigenvalue weighted by Crippen LogP contribution is 2.28. The van der Waals surface area contributed by atoms with Gasteiger partial charge in [-0.25, -0.2) is 13.4 Å². The number of pyridine rings is 1. The number of aromatic nitrogens is 1. The number of sulfonamides is 1. The zero-order chi connectivity index (χ0) is 21.8. The molecule has 0 aliphatic carbocycles. The van der Waals surface area contributed by atoms with Crippen molar-refractivity contribution in [2.45, 2.75) is 11.8 Å². The molecule has 1 saturated heterocycles. The molecule has 162 valence electrons. The van der Waals surface area contributed by atoms with E-state index in [0.717, 1.165) is 28.4 Å². The maximum absolute atomic E-state index is 13.0. The molecule has 1 aliphatic heterocycles. The highest BCUT2D eigenvalue weighted by atomic mass is 32.2. The van der Waals surface area contributed by atoms with Crippen LogP contribution < -0.4 is 10.1 Å². The molecule has 4 rings (SSSR count). The monoisotopic (exact) mass is 475 g/mol. The molecule has 1 amide bonds. The molecule has 7 nitrogen and oxygen atoms in total. The average molecular weight is 476 g/mol. The van der Waals surface area contributed by atoms with Crippen LogP contribution in [-0.2, 0) is 10.0 Å². The Bertz CT molecular complexity index is 1150. The smallest absolute Gasteiger partial charge is 0.267 e. The van der Waals surface area contributed by atoms with Crippen LogP contribution in [0.4, 0.5) is 5.69 Å². The number of thioether (sulfide) groups is 1. The Hall–Kier alpha value is -2.40. The van der Waals surface area contributed by atoms with Crippen LogP contribution in [0.2, 0.25) is 0 Å². The summed E-state index contributed by atoms with van der Waals surface area (Å²) in [5.74, 6) is 2.10. The average Bonchev–Trinajstić information content (AvgIpc) is 3.28. The van der Waals surface area contributed by atoms with Crippen molar-refractivity contribution in [3.05, 3.63) is 64.5 Å². The fraction of sp³-hybridized carbons (Fsp3) is 0.238. The summed E-state index contributed by atoms with van der Waals surface area (Å²) in [6, 6.07) is 12.4. The highest BCUT2D eigenvalue weighted by Gasteiger charge is 2.31. The van der Waals surface area contributed by atoms with Crippen molar-refractivity contribution in [1.82, 2.24) is 9.29 Å². The van der Waals surface area contributed by atoms with Gasteiger partial charge in [-0.3, -0.25) is 4.79 Å². The number of hydrogen-bond acceptors (Lipinski definition) is 7. The molecule has 0 bridgehead atoms. The van der Waals surface area contributed by atoms with Gasteiger partial charge >= 0.3 is 0 Å². The molecular formula is C21H21N3O4S3.